The molecule has 0 amide bonds. The minimum absolute atomic E-state index is 0.101. The highest BCUT2D eigenvalue weighted by Crippen LogP contribution is 2.42. The Labute approximate surface area is 141 Å². The Morgan fingerprint density at radius 1 is 0.739 bits per heavy atom. The van der Waals surface area contributed by atoms with Crippen LogP contribution >= 0.6 is 0 Å². The molecule has 0 saturated carbocycles. The van der Waals surface area contributed by atoms with E-state index in [1.165, 1.54) is 22.3 Å². The first-order valence-electron chi connectivity index (χ1n) is 8.37. The maximum absolute atomic E-state index is 10.9. The zero-order valence-electron chi connectivity index (χ0n) is 15.8. The maximum Gasteiger partial charge on any atom is 0.123 e. The first-order chi connectivity index (χ1) is 10.4. The summed E-state index contributed by atoms with van der Waals surface area (Å²) in [4.78, 5) is 0. The Morgan fingerprint density at radius 2 is 1.13 bits per heavy atom. The highest BCUT2D eigenvalue weighted by atomic mass is 16.3. The summed E-state index contributed by atoms with van der Waals surface area (Å²) in [5, 5.41) is 10.9. The third kappa shape index (κ3) is 3.44. The Bertz CT molecular complexity index is 669. The number of benzene rings is 2. The van der Waals surface area contributed by atoms with Crippen LogP contribution in [-0.2, 0) is 10.8 Å². The second-order valence-electron chi connectivity index (χ2n) is 8.69. The fourth-order valence-corrected chi connectivity index (χ4v) is 3.19. The molecule has 0 atom stereocenters. The number of phenolic OH excluding ortho intramolecular Hbond substituents is 1. The molecule has 0 bridgehead atoms. The molecule has 1 nitrogen and oxygen atoms in total. The molecule has 2 rings (SSSR count). The van der Waals surface area contributed by atoms with Crippen LogP contribution in [0.1, 0.15) is 63.8 Å². The van der Waals surface area contributed by atoms with Crippen molar-refractivity contribution in [3.05, 3.63) is 52.6 Å². The van der Waals surface area contributed by atoms with Crippen LogP contribution in [0.3, 0.4) is 0 Å². The molecule has 1 N–H and O–H groups in total. The van der Waals surface area contributed by atoms with Gasteiger partial charge in [0, 0.05) is 11.1 Å². The van der Waals surface area contributed by atoms with E-state index in [1.54, 1.807) is 0 Å². The van der Waals surface area contributed by atoms with Gasteiger partial charge in [-0.2, -0.15) is 0 Å². The summed E-state index contributed by atoms with van der Waals surface area (Å²) in [6, 6.07) is 10.7. The lowest BCUT2D eigenvalue weighted by Crippen LogP contribution is -2.17. The van der Waals surface area contributed by atoms with E-state index in [1.807, 2.05) is 0 Å². The average Bonchev–Trinajstić information content (AvgIpc) is 2.37. The molecule has 0 fully saturated rings. The van der Waals surface area contributed by atoms with Crippen molar-refractivity contribution in [3.8, 4) is 16.9 Å². The topological polar surface area (TPSA) is 20.2 Å². The Hall–Kier alpha value is -1.76. The zero-order chi connectivity index (χ0) is 17.6. The second kappa shape index (κ2) is 5.70. The molecule has 2 aromatic carbocycles. The van der Waals surface area contributed by atoms with E-state index in [0.29, 0.717) is 5.75 Å². The van der Waals surface area contributed by atoms with E-state index in [4.69, 9.17) is 0 Å². The van der Waals surface area contributed by atoms with Gasteiger partial charge in [0.1, 0.15) is 5.75 Å². The molecule has 23 heavy (non-hydrogen) atoms. The van der Waals surface area contributed by atoms with Gasteiger partial charge in [0.15, 0.2) is 0 Å². The fraction of sp³-hybridized carbons (Fsp3) is 0.455. The van der Waals surface area contributed by atoms with Crippen molar-refractivity contribution in [2.24, 2.45) is 0 Å². The van der Waals surface area contributed by atoms with E-state index < -0.39 is 0 Å². The van der Waals surface area contributed by atoms with Gasteiger partial charge in [-0.15, -0.1) is 0 Å². The molecule has 0 saturated heterocycles. The summed E-state index contributed by atoms with van der Waals surface area (Å²) >= 11 is 0. The third-order valence-electron chi connectivity index (χ3n) is 4.50. The van der Waals surface area contributed by atoms with Gasteiger partial charge in [0.05, 0.1) is 0 Å². The number of aryl methyl sites for hydroxylation is 2. The standard InChI is InChI=1S/C22H30O/c1-14-10-9-11-15(2)19(14)16-12-17(21(3,4)5)20(23)18(13-16)22(6,7)8/h9-13,23H,1-8H3. The predicted octanol–water partition coefficient (Wildman–Crippen LogP) is 6.27. The molecular weight excluding hydrogens is 280 g/mol. The Kier molecular flexibility index (Phi) is 4.36. The highest BCUT2D eigenvalue weighted by Gasteiger charge is 2.27. The third-order valence-corrected chi connectivity index (χ3v) is 4.50. The van der Waals surface area contributed by atoms with Gasteiger partial charge in [-0.25, -0.2) is 0 Å². The molecule has 0 radical (unpaired) electrons. The molecule has 2 aromatic rings. The molecule has 1 heteroatoms. The van der Waals surface area contributed by atoms with Crippen LogP contribution in [0.25, 0.3) is 11.1 Å². The van der Waals surface area contributed by atoms with E-state index in [0.717, 1.165) is 11.1 Å². The van der Waals surface area contributed by atoms with Crippen LogP contribution in [-0.4, -0.2) is 5.11 Å². The molecule has 0 spiro atoms. The summed E-state index contributed by atoms with van der Waals surface area (Å²) in [5.41, 5.74) is 6.86. The summed E-state index contributed by atoms with van der Waals surface area (Å²) in [6.07, 6.45) is 0. The van der Waals surface area contributed by atoms with Crippen molar-refractivity contribution in [2.45, 2.75) is 66.2 Å². The van der Waals surface area contributed by atoms with Crippen molar-refractivity contribution in [1.29, 1.82) is 0 Å². The molecule has 0 aliphatic rings. The van der Waals surface area contributed by atoms with Gasteiger partial charge >= 0.3 is 0 Å². The Morgan fingerprint density at radius 3 is 1.48 bits per heavy atom. The van der Waals surface area contributed by atoms with Crippen molar-refractivity contribution in [1.82, 2.24) is 0 Å². The van der Waals surface area contributed by atoms with Crippen LogP contribution in [0.4, 0.5) is 0 Å². The van der Waals surface area contributed by atoms with Crippen LogP contribution in [0.2, 0.25) is 0 Å². The van der Waals surface area contributed by atoms with Gasteiger partial charge in [0.2, 0.25) is 0 Å². The monoisotopic (exact) mass is 310 g/mol. The lowest BCUT2D eigenvalue weighted by Gasteiger charge is -2.28. The highest BCUT2D eigenvalue weighted by molar-refractivity contribution is 5.74. The van der Waals surface area contributed by atoms with Gasteiger partial charge in [0.25, 0.3) is 0 Å². The summed E-state index contributed by atoms with van der Waals surface area (Å²) < 4.78 is 0. The van der Waals surface area contributed by atoms with Crippen LogP contribution in [0.5, 0.6) is 5.75 Å². The maximum atomic E-state index is 10.9. The smallest absolute Gasteiger partial charge is 0.123 e. The second-order valence-corrected chi connectivity index (χ2v) is 8.69. The molecule has 0 aromatic heterocycles. The molecule has 0 aliphatic heterocycles. The lowest BCUT2D eigenvalue weighted by atomic mass is 9.77. The largest absolute Gasteiger partial charge is 0.507 e. The van der Waals surface area contributed by atoms with Crippen molar-refractivity contribution >= 4 is 0 Å². The predicted molar refractivity (Wildman–Crippen MR) is 100 cm³/mol. The summed E-state index contributed by atoms with van der Waals surface area (Å²) in [6.45, 7) is 17.2. The first kappa shape index (κ1) is 17.6. The number of aromatic hydroxyl groups is 1. The number of rotatable bonds is 1. The molecule has 0 unspecified atom stereocenters. The van der Waals surface area contributed by atoms with Crippen molar-refractivity contribution in [2.75, 3.05) is 0 Å². The number of hydrogen-bond donors (Lipinski definition) is 1. The fourth-order valence-electron chi connectivity index (χ4n) is 3.19. The SMILES string of the molecule is Cc1cccc(C)c1-c1cc(C(C)(C)C)c(O)c(C(C)(C)C)c1. The molecule has 0 aliphatic carbocycles. The van der Waals surface area contributed by atoms with E-state index in [2.05, 4.69) is 85.7 Å². The van der Waals surface area contributed by atoms with Crippen molar-refractivity contribution < 1.29 is 5.11 Å². The van der Waals surface area contributed by atoms with Crippen LogP contribution in [0, 0.1) is 13.8 Å². The van der Waals surface area contributed by atoms with Gasteiger partial charge in [-0.1, -0.05) is 59.7 Å². The lowest BCUT2D eigenvalue weighted by molar-refractivity contribution is 0.423. The number of phenols is 1. The summed E-state index contributed by atoms with van der Waals surface area (Å²) in [7, 11) is 0. The molecule has 0 heterocycles. The van der Waals surface area contributed by atoms with Gasteiger partial charge < -0.3 is 5.11 Å². The minimum Gasteiger partial charge on any atom is -0.507 e. The number of hydrogen-bond acceptors (Lipinski definition) is 1. The van der Waals surface area contributed by atoms with Crippen molar-refractivity contribution in [3.63, 3.8) is 0 Å². The van der Waals surface area contributed by atoms with E-state index >= 15 is 0 Å². The van der Waals surface area contributed by atoms with E-state index in [-0.39, 0.29) is 10.8 Å². The zero-order valence-corrected chi connectivity index (χ0v) is 15.8. The normalized spacial score (nSPS) is 12.5. The van der Waals surface area contributed by atoms with Crippen LogP contribution in [0.15, 0.2) is 30.3 Å². The molecular formula is C22H30O. The Balaban J connectivity index is 2.86. The summed E-state index contributed by atoms with van der Waals surface area (Å²) in [5.74, 6) is 0.444. The minimum atomic E-state index is -0.101. The van der Waals surface area contributed by atoms with Gasteiger partial charge in [-0.05, 0) is 59.1 Å². The van der Waals surface area contributed by atoms with Gasteiger partial charge in [-0.3, -0.25) is 0 Å². The quantitative estimate of drug-likeness (QED) is 0.658. The first-order valence-corrected chi connectivity index (χ1v) is 8.37. The molecule has 124 valence electrons. The van der Waals surface area contributed by atoms with E-state index in [9.17, 15) is 5.11 Å². The average molecular weight is 310 g/mol. The van der Waals surface area contributed by atoms with Crippen LogP contribution < -0.4 is 0 Å².